The van der Waals surface area contributed by atoms with Crippen molar-refractivity contribution in [3.63, 3.8) is 0 Å². The summed E-state index contributed by atoms with van der Waals surface area (Å²) in [7, 11) is 0. The number of nitrogens with one attached hydrogen (secondary N) is 1. The minimum atomic E-state index is -0.248. The molecule has 2 aliphatic heterocycles. The first-order valence-corrected chi connectivity index (χ1v) is 10.2. The molecule has 3 nitrogen and oxygen atoms in total. The van der Waals surface area contributed by atoms with Crippen molar-refractivity contribution in [3.05, 3.63) is 82.6 Å². The van der Waals surface area contributed by atoms with Crippen LogP contribution in [-0.2, 0) is 0 Å². The molecule has 1 aromatic heterocycles. The maximum absolute atomic E-state index is 6.55. The lowest BCUT2D eigenvalue weighted by Gasteiger charge is -2.39. The van der Waals surface area contributed by atoms with E-state index < -0.39 is 0 Å². The topological polar surface area (TPSA) is 34.2 Å². The summed E-state index contributed by atoms with van der Waals surface area (Å²) in [5.41, 5.74) is 7.92. The van der Waals surface area contributed by atoms with Crippen LogP contribution in [0.2, 0.25) is 0 Å². The van der Waals surface area contributed by atoms with Gasteiger partial charge in [0.25, 0.3) is 0 Å². The highest BCUT2D eigenvalue weighted by Gasteiger charge is 2.36. The van der Waals surface area contributed by atoms with Crippen LogP contribution in [0, 0.1) is 0 Å². The first-order valence-electron chi connectivity index (χ1n) is 9.43. The Labute approximate surface area is 173 Å². The van der Waals surface area contributed by atoms with Crippen LogP contribution in [0.5, 0.6) is 5.75 Å². The van der Waals surface area contributed by atoms with Crippen LogP contribution in [0.25, 0.3) is 16.7 Å². The van der Waals surface area contributed by atoms with E-state index in [-0.39, 0.29) is 11.6 Å². The van der Waals surface area contributed by atoms with Gasteiger partial charge < -0.3 is 10.1 Å². The molecule has 28 heavy (non-hydrogen) atoms. The molecule has 3 heterocycles. The Balaban J connectivity index is 1.82. The minimum absolute atomic E-state index is 0.0177. The molecule has 0 fully saturated rings. The molecule has 4 heteroatoms. The van der Waals surface area contributed by atoms with Gasteiger partial charge in [0.2, 0.25) is 0 Å². The van der Waals surface area contributed by atoms with Gasteiger partial charge in [-0.05, 0) is 49.6 Å². The highest BCUT2D eigenvalue weighted by atomic mass is 79.9. The third-order valence-electron chi connectivity index (χ3n) is 5.49. The van der Waals surface area contributed by atoms with Gasteiger partial charge in [0.15, 0.2) is 6.10 Å². The van der Waals surface area contributed by atoms with Gasteiger partial charge >= 0.3 is 0 Å². The molecular weight excluding hydrogens is 412 g/mol. The zero-order chi connectivity index (χ0) is 19.5. The first-order chi connectivity index (χ1) is 13.4. The smallest absolute Gasteiger partial charge is 0.153 e. The standard InChI is InChI=1S/C24H21BrN2O/c1-14-12-24(2,3)27-19-9-8-16-15-6-4-5-7-20(15)28-23(22(16)21(14)19)17-13-26-11-10-18(17)25/h4-11,13,23,27H,1,12H2,2-3H3/t23-/m0/s1. The van der Waals surface area contributed by atoms with Gasteiger partial charge in [-0.3, -0.25) is 4.98 Å². The summed E-state index contributed by atoms with van der Waals surface area (Å²) in [5.74, 6) is 0.894. The number of ether oxygens (including phenoxy) is 1. The molecule has 0 saturated heterocycles. The second-order valence-corrected chi connectivity index (χ2v) is 8.98. The van der Waals surface area contributed by atoms with Gasteiger partial charge in [-0.25, -0.2) is 0 Å². The molecule has 1 N–H and O–H groups in total. The quantitative estimate of drug-likeness (QED) is 0.470. The van der Waals surface area contributed by atoms with E-state index >= 15 is 0 Å². The van der Waals surface area contributed by atoms with Crippen LogP contribution in [0.15, 0.2) is 65.9 Å². The maximum Gasteiger partial charge on any atom is 0.153 e. The fraction of sp³-hybridized carbons (Fsp3) is 0.208. The minimum Gasteiger partial charge on any atom is -0.480 e. The van der Waals surface area contributed by atoms with Crippen molar-refractivity contribution < 1.29 is 4.74 Å². The first kappa shape index (κ1) is 17.5. The summed E-state index contributed by atoms with van der Waals surface area (Å²) < 4.78 is 7.54. The molecule has 0 aliphatic carbocycles. The number of rotatable bonds is 1. The van der Waals surface area contributed by atoms with Crippen LogP contribution in [0.4, 0.5) is 5.69 Å². The Kier molecular flexibility index (Phi) is 3.88. The Hall–Kier alpha value is -2.59. The van der Waals surface area contributed by atoms with Crippen LogP contribution in [-0.4, -0.2) is 10.5 Å². The zero-order valence-corrected chi connectivity index (χ0v) is 17.5. The molecule has 3 aromatic rings. The Morgan fingerprint density at radius 1 is 1.14 bits per heavy atom. The zero-order valence-electron chi connectivity index (χ0n) is 15.9. The van der Waals surface area contributed by atoms with Crippen LogP contribution < -0.4 is 10.1 Å². The van der Waals surface area contributed by atoms with Crippen molar-refractivity contribution in [1.29, 1.82) is 0 Å². The van der Waals surface area contributed by atoms with Crippen LogP contribution in [0.1, 0.15) is 43.1 Å². The number of nitrogens with zero attached hydrogens (tertiary/aromatic N) is 1. The molecule has 2 aromatic carbocycles. The summed E-state index contributed by atoms with van der Waals surface area (Å²) in [6, 6.07) is 14.6. The lowest BCUT2D eigenvalue weighted by atomic mass is 9.78. The number of hydrogen-bond donors (Lipinski definition) is 1. The van der Waals surface area contributed by atoms with Crippen LogP contribution >= 0.6 is 15.9 Å². The fourth-order valence-electron chi connectivity index (χ4n) is 4.42. The summed E-state index contributed by atoms with van der Waals surface area (Å²) >= 11 is 3.69. The highest BCUT2D eigenvalue weighted by molar-refractivity contribution is 9.10. The van der Waals surface area contributed by atoms with Crippen molar-refractivity contribution in [2.75, 3.05) is 5.32 Å². The van der Waals surface area contributed by atoms with E-state index in [0.717, 1.165) is 44.6 Å². The van der Waals surface area contributed by atoms with E-state index in [2.05, 4.69) is 70.9 Å². The molecular formula is C24H21BrN2O. The third kappa shape index (κ3) is 2.67. The van der Waals surface area contributed by atoms with E-state index in [1.807, 2.05) is 24.4 Å². The largest absolute Gasteiger partial charge is 0.480 e. The van der Waals surface area contributed by atoms with Crippen molar-refractivity contribution in [2.45, 2.75) is 31.9 Å². The Morgan fingerprint density at radius 2 is 1.96 bits per heavy atom. The summed E-state index contributed by atoms with van der Waals surface area (Å²) in [6.07, 6.45) is 4.31. The predicted octanol–water partition coefficient (Wildman–Crippen LogP) is 6.60. The number of aromatic nitrogens is 1. The van der Waals surface area contributed by atoms with Gasteiger partial charge in [-0.15, -0.1) is 0 Å². The normalized spacial score (nSPS) is 19.0. The van der Waals surface area contributed by atoms with Crippen molar-refractivity contribution in [2.24, 2.45) is 0 Å². The highest BCUT2D eigenvalue weighted by Crippen LogP contribution is 2.52. The van der Waals surface area contributed by atoms with Crippen molar-refractivity contribution >= 4 is 27.2 Å². The lowest BCUT2D eigenvalue weighted by molar-refractivity contribution is 0.242. The number of pyridine rings is 1. The van der Waals surface area contributed by atoms with Crippen molar-refractivity contribution in [3.8, 4) is 16.9 Å². The Morgan fingerprint density at radius 3 is 2.79 bits per heavy atom. The van der Waals surface area contributed by atoms with E-state index in [9.17, 15) is 0 Å². The van der Waals surface area contributed by atoms with Gasteiger partial charge in [0.05, 0.1) is 0 Å². The summed E-state index contributed by atoms with van der Waals surface area (Å²) in [5, 5.41) is 3.68. The lowest BCUT2D eigenvalue weighted by Crippen LogP contribution is -2.35. The molecule has 0 unspecified atom stereocenters. The molecule has 0 saturated carbocycles. The third-order valence-corrected chi connectivity index (χ3v) is 6.21. The van der Waals surface area contributed by atoms with Gasteiger partial charge in [-0.2, -0.15) is 0 Å². The SMILES string of the molecule is C=C1CC(C)(C)Nc2ccc3c(c21)[C@H](c1cnccc1Br)Oc1ccccc1-3. The second kappa shape index (κ2) is 6.21. The van der Waals surface area contributed by atoms with E-state index in [1.165, 1.54) is 11.1 Å². The average Bonchev–Trinajstić information content (AvgIpc) is 2.66. The van der Waals surface area contributed by atoms with E-state index in [1.54, 1.807) is 6.20 Å². The second-order valence-electron chi connectivity index (χ2n) is 8.13. The molecule has 0 bridgehead atoms. The summed E-state index contributed by atoms with van der Waals surface area (Å²) in [6.45, 7) is 8.86. The van der Waals surface area contributed by atoms with Gasteiger partial charge in [0.1, 0.15) is 5.75 Å². The number of fused-ring (bicyclic) bond motifs is 5. The monoisotopic (exact) mass is 432 g/mol. The molecule has 0 radical (unpaired) electrons. The maximum atomic E-state index is 6.55. The van der Waals surface area contributed by atoms with Crippen LogP contribution in [0.3, 0.4) is 0 Å². The molecule has 2 aliphatic rings. The number of anilines is 1. The van der Waals surface area contributed by atoms with Crippen molar-refractivity contribution in [1.82, 2.24) is 4.98 Å². The fourth-order valence-corrected chi connectivity index (χ4v) is 4.85. The number of halogens is 1. The van der Waals surface area contributed by atoms with E-state index in [0.29, 0.717) is 0 Å². The Bertz CT molecular complexity index is 1120. The number of benzene rings is 2. The molecule has 0 amide bonds. The number of hydrogen-bond acceptors (Lipinski definition) is 3. The molecule has 5 rings (SSSR count). The summed E-state index contributed by atoms with van der Waals surface area (Å²) in [4.78, 5) is 4.36. The molecule has 1 atom stereocenters. The number of para-hydroxylation sites is 1. The van der Waals surface area contributed by atoms with E-state index in [4.69, 9.17) is 4.74 Å². The molecule has 140 valence electrons. The van der Waals surface area contributed by atoms with Gasteiger partial charge in [0, 0.05) is 50.3 Å². The van der Waals surface area contributed by atoms with Gasteiger partial charge in [-0.1, -0.05) is 46.8 Å². The predicted molar refractivity (Wildman–Crippen MR) is 118 cm³/mol. The molecule has 0 spiro atoms. The average molecular weight is 433 g/mol.